The largest absolute Gasteiger partial charge is 0.306 e. The molecule has 0 aromatic heterocycles. The van der Waals surface area contributed by atoms with Gasteiger partial charge in [-0.1, -0.05) is 0 Å². The lowest BCUT2D eigenvalue weighted by molar-refractivity contribution is 0.138. The Morgan fingerprint density at radius 3 is 2.43 bits per heavy atom. The molecule has 1 atom stereocenters. The molecule has 3 nitrogen and oxygen atoms in total. The van der Waals surface area contributed by atoms with E-state index in [0.29, 0.717) is 0 Å². The molecule has 0 bridgehead atoms. The lowest BCUT2D eigenvalue weighted by Crippen LogP contribution is -2.43. The van der Waals surface area contributed by atoms with Gasteiger partial charge >= 0.3 is 0 Å². The summed E-state index contributed by atoms with van der Waals surface area (Å²) in [6.07, 6.45) is 2.48. The molecule has 1 fully saturated rings. The number of likely N-dealkylation sites (tertiary alicyclic amines) is 1. The normalized spacial score (nSPS) is 22.2. The molecule has 0 aromatic carbocycles. The van der Waals surface area contributed by atoms with Crippen molar-refractivity contribution in [2.45, 2.75) is 25.8 Å². The Morgan fingerprint density at radius 1 is 1.43 bits per heavy atom. The topological polar surface area (TPSA) is 30.3 Å². The summed E-state index contributed by atoms with van der Waals surface area (Å²) in [5.41, 5.74) is 0. The molecule has 1 heterocycles. The molecular formula is C11H21N3. The molecule has 0 radical (unpaired) electrons. The van der Waals surface area contributed by atoms with Crippen LogP contribution in [0.1, 0.15) is 19.8 Å². The van der Waals surface area contributed by atoms with Crippen LogP contribution in [0.4, 0.5) is 0 Å². The Balaban J connectivity index is 2.26. The van der Waals surface area contributed by atoms with E-state index >= 15 is 0 Å². The molecule has 80 valence electrons. The Kier molecular flexibility index (Phi) is 4.37. The highest BCUT2D eigenvalue weighted by Gasteiger charge is 2.21. The zero-order chi connectivity index (χ0) is 10.6. The summed E-state index contributed by atoms with van der Waals surface area (Å²) in [5, 5.41) is 8.72. The monoisotopic (exact) mass is 195 g/mol. The molecule has 0 saturated carbocycles. The molecule has 1 rings (SSSR count). The van der Waals surface area contributed by atoms with Crippen LogP contribution in [0.2, 0.25) is 0 Å². The minimum atomic E-state index is 0.172. The van der Waals surface area contributed by atoms with Crippen LogP contribution in [-0.4, -0.2) is 49.6 Å². The van der Waals surface area contributed by atoms with Crippen LogP contribution in [-0.2, 0) is 0 Å². The van der Waals surface area contributed by atoms with Crippen molar-refractivity contribution in [3.63, 3.8) is 0 Å². The number of rotatable bonds is 3. The van der Waals surface area contributed by atoms with Crippen molar-refractivity contribution in [2.24, 2.45) is 5.92 Å². The van der Waals surface area contributed by atoms with Gasteiger partial charge in [0.2, 0.25) is 0 Å². The molecule has 1 aliphatic heterocycles. The Labute approximate surface area is 87.3 Å². The second-order valence-corrected chi connectivity index (χ2v) is 4.53. The van der Waals surface area contributed by atoms with Crippen molar-refractivity contribution in [2.75, 3.05) is 33.7 Å². The molecule has 1 saturated heterocycles. The highest BCUT2D eigenvalue weighted by atomic mass is 15.2. The molecule has 1 aliphatic rings. The van der Waals surface area contributed by atoms with Crippen LogP contribution in [0.3, 0.4) is 0 Å². The molecule has 3 heteroatoms. The number of hydrogen-bond donors (Lipinski definition) is 0. The second-order valence-electron chi connectivity index (χ2n) is 4.53. The van der Waals surface area contributed by atoms with Crippen LogP contribution in [0.25, 0.3) is 0 Å². The minimum Gasteiger partial charge on any atom is -0.306 e. The number of hydrogen-bond acceptors (Lipinski definition) is 3. The molecular weight excluding hydrogens is 174 g/mol. The summed E-state index contributed by atoms with van der Waals surface area (Å²) in [5.74, 6) is 0.172. The summed E-state index contributed by atoms with van der Waals surface area (Å²) in [6.45, 7) is 5.23. The first-order chi connectivity index (χ1) is 6.63. The predicted molar refractivity (Wildman–Crippen MR) is 57.9 cm³/mol. The van der Waals surface area contributed by atoms with Gasteiger partial charge in [0.05, 0.1) is 12.0 Å². The molecule has 14 heavy (non-hydrogen) atoms. The maximum atomic E-state index is 8.72. The average Bonchev–Trinajstić information content (AvgIpc) is 2.18. The van der Waals surface area contributed by atoms with Crippen molar-refractivity contribution < 1.29 is 0 Å². The van der Waals surface area contributed by atoms with E-state index in [-0.39, 0.29) is 5.92 Å². The number of nitrogens with zero attached hydrogens (tertiary/aromatic N) is 3. The fourth-order valence-corrected chi connectivity index (χ4v) is 2.05. The first-order valence-corrected chi connectivity index (χ1v) is 5.42. The Morgan fingerprint density at radius 2 is 2.00 bits per heavy atom. The second kappa shape index (κ2) is 5.33. The molecule has 0 amide bonds. The van der Waals surface area contributed by atoms with Gasteiger partial charge in [-0.25, -0.2) is 0 Å². The zero-order valence-corrected chi connectivity index (χ0v) is 9.53. The van der Waals surface area contributed by atoms with E-state index in [1.165, 1.54) is 12.8 Å². The fraction of sp³-hybridized carbons (Fsp3) is 0.909. The first kappa shape index (κ1) is 11.5. The number of piperidine rings is 1. The van der Waals surface area contributed by atoms with Crippen LogP contribution in [0.5, 0.6) is 0 Å². The van der Waals surface area contributed by atoms with Crippen molar-refractivity contribution in [1.29, 1.82) is 5.26 Å². The van der Waals surface area contributed by atoms with Crippen molar-refractivity contribution >= 4 is 0 Å². The fourth-order valence-electron chi connectivity index (χ4n) is 2.05. The lowest BCUT2D eigenvalue weighted by atomic mass is 10.0. The molecule has 0 spiro atoms. The van der Waals surface area contributed by atoms with Crippen LogP contribution >= 0.6 is 0 Å². The van der Waals surface area contributed by atoms with E-state index in [1.54, 1.807) is 0 Å². The van der Waals surface area contributed by atoms with Gasteiger partial charge in [0.25, 0.3) is 0 Å². The SMILES string of the molecule is CC(C#N)CN1CCC(N(C)C)CC1. The van der Waals surface area contributed by atoms with Crippen LogP contribution < -0.4 is 0 Å². The van der Waals surface area contributed by atoms with E-state index < -0.39 is 0 Å². The molecule has 1 unspecified atom stereocenters. The summed E-state index contributed by atoms with van der Waals surface area (Å²) in [7, 11) is 4.30. The van der Waals surface area contributed by atoms with E-state index in [4.69, 9.17) is 5.26 Å². The van der Waals surface area contributed by atoms with E-state index in [0.717, 1.165) is 25.7 Å². The molecule has 0 N–H and O–H groups in total. The highest BCUT2D eigenvalue weighted by Crippen LogP contribution is 2.14. The third kappa shape index (κ3) is 3.28. The summed E-state index contributed by atoms with van der Waals surface area (Å²) < 4.78 is 0. The summed E-state index contributed by atoms with van der Waals surface area (Å²) in [4.78, 5) is 4.72. The maximum absolute atomic E-state index is 8.72. The summed E-state index contributed by atoms with van der Waals surface area (Å²) >= 11 is 0. The van der Waals surface area contributed by atoms with Crippen molar-refractivity contribution in [3.8, 4) is 6.07 Å². The van der Waals surface area contributed by atoms with E-state index in [2.05, 4.69) is 30.0 Å². The van der Waals surface area contributed by atoms with Gasteiger partial charge in [0.15, 0.2) is 0 Å². The quantitative estimate of drug-likeness (QED) is 0.677. The van der Waals surface area contributed by atoms with Gasteiger partial charge in [-0.05, 0) is 47.0 Å². The van der Waals surface area contributed by atoms with E-state index in [1.807, 2.05) is 6.92 Å². The Hall–Kier alpha value is -0.590. The van der Waals surface area contributed by atoms with Gasteiger partial charge in [0.1, 0.15) is 0 Å². The molecule has 0 aliphatic carbocycles. The van der Waals surface area contributed by atoms with Crippen LogP contribution in [0, 0.1) is 17.2 Å². The first-order valence-electron chi connectivity index (χ1n) is 5.42. The number of nitriles is 1. The Bertz CT molecular complexity index is 199. The van der Waals surface area contributed by atoms with E-state index in [9.17, 15) is 0 Å². The average molecular weight is 195 g/mol. The maximum Gasteiger partial charge on any atom is 0.0666 e. The standard InChI is InChI=1S/C11H21N3/c1-10(8-12)9-14-6-4-11(5-7-14)13(2)3/h10-11H,4-7,9H2,1-3H3. The minimum absolute atomic E-state index is 0.172. The van der Waals surface area contributed by atoms with Crippen LogP contribution in [0.15, 0.2) is 0 Å². The lowest BCUT2D eigenvalue weighted by Gasteiger charge is -2.35. The third-order valence-electron chi connectivity index (χ3n) is 3.04. The van der Waals surface area contributed by atoms with Gasteiger partial charge in [-0.3, -0.25) is 0 Å². The van der Waals surface area contributed by atoms with Gasteiger partial charge in [-0.2, -0.15) is 5.26 Å². The highest BCUT2D eigenvalue weighted by molar-refractivity contribution is 4.84. The van der Waals surface area contributed by atoms with Crippen molar-refractivity contribution in [1.82, 2.24) is 9.80 Å². The smallest absolute Gasteiger partial charge is 0.0666 e. The zero-order valence-electron chi connectivity index (χ0n) is 9.53. The summed E-state index contributed by atoms with van der Waals surface area (Å²) in [6, 6.07) is 3.03. The van der Waals surface area contributed by atoms with Gasteiger partial charge in [-0.15, -0.1) is 0 Å². The van der Waals surface area contributed by atoms with Gasteiger partial charge < -0.3 is 9.80 Å². The third-order valence-corrected chi connectivity index (χ3v) is 3.04. The predicted octanol–water partition coefficient (Wildman–Crippen LogP) is 1.17. The van der Waals surface area contributed by atoms with Gasteiger partial charge in [0, 0.05) is 12.6 Å². The van der Waals surface area contributed by atoms with Crippen molar-refractivity contribution in [3.05, 3.63) is 0 Å². The molecule has 0 aromatic rings.